The summed E-state index contributed by atoms with van der Waals surface area (Å²) in [6, 6.07) is 7.81. The van der Waals surface area contributed by atoms with Gasteiger partial charge in [0.1, 0.15) is 0 Å². The summed E-state index contributed by atoms with van der Waals surface area (Å²) in [6.07, 6.45) is 3.40. The molecule has 1 aliphatic carbocycles. The van der Waals surface area contributed by atoms with Crippen LogP contribution in [0, 0.1) is 5.41 Å². The second-order valence-electron chi connectivity index (χ2n) is 7.11. The fraction of sp³-hybridized carbons (Fsp3) is 0.579. The average Bonchev–Trinajstić information content (AvgIpc) is 2.63. The highest BCUT2D eigenvalue weighted by Crippen LogP contribution is 2.22. The molecule has 0 atom stereocenters. The number of hydrogen-bond donors (Lipinski definition) is 0. The van der Waals surface area contributed by atoms with Crippen molar-refractivity contribution in [2.24, 2.45) is 10.6 Å². The second kappa shape index (κ2) is 8.66. The van der Waals surface area contributed by atoms with E-state index in [4.69, 9.17) is 9.02 Å². The molecule has 0 saturated carbocycles. The van der Waals surface area contributed by atoms with Crippen molar-refractivity contribution in [3.63, 3.8) is 0 Å². The summed E-state index contributed by atoms with van der Waals surface area (Å²) < 4.78 is 34.0. The molecule has 0 aromatic heterocycles. The Kier molecular flexibility index (Phi) is 6.81. The van der Waals surface area contributed by atoms with Gasteiger partial charge in [0.15, 0.2) is 0 Å². The predicted molar refractivity (Wildman–Crippen MR) is 100 cm³/mol. The number of aryl methyl sites for hydroxylation is 1. The summed E-state index contributed by atoms with van der Waals surface area (Å²) in [5, 5.41) is 3.88. The van der Waals surface area contributed by atoms with Gasteiger partial charge in [0.05, 0.1) is 23.5 Å². The van der Waals surface area contributed by atoms with Gasteiger partial charge < -0.3 is 4.74 Å². The van der Waals surface area contributed by atoms with E-state index in [0.717, 1.165) is 24.0 Å². The van der Waals surface area contributed by atoms with Crippen LogP contribution in [0.4, 0.5) is 0 Å². The zero-order chi connectivity index (χ0) is 19.2. The average molecular weight is 381 g/mol. The van der Waals surface area contributed by atoms with Crippen molar-refractivity contribution in [2.45, 2.75) is 52.9 Å². The van der Waals surface area contributed by atoms with Gasteiger partial charge in [0, 0.05) is 5.56 Å². The number of esters is 1. The van der Waals surface area contributed by atoms with Crippen LogP contribution in [-0.2, 0) is 30.4 Å². The molecule has 2 rings (SSSR count). The first-order chi connectivity index (χ1) is 12.2. The van der Waals surface area contributed by atoms with Gasteiger partial charge in [-0.1, -0.05) is 36.3 Å². The summed E-state index contributed by atoms with van der Waals surface area (Å²) in [6.45, 7) is 5.55. The number of rotatable bonds is 8. The summed E-state index contributed by atoms with van der Waals surface area (Å²) >= 11 is 0. The fourth-order valence-electron chi connectivity index (χ4n) is 2.57. The lowest BCUT2D eigenvalue weighted by Crippen LogP contribution is -2.26. The van der Waals surface area contributed by atoms with Crippen LogP contribution in [0.15, 0.2) is 29.4 Å². The quantitative estimate of drug-likeness (QED) is 0.391. The van der Waals surface area contributed by atoms with E-state index in [9.17, 15) is 13.2 Å². The minimum atomic E-state index is -3.80. The fourth-order valence-corrected chi connectivity index (χ4v) is 3.32. The molecule has 144 valence electrons. The minimum absolute atomic E-state index is 0.0459. The molecule has 0 fully saturated rings. The highest BCUT2D eigenvalue weighted by atomic mass is 32.2. The Hall–Kier alpha value is -1.89. The summed E-state index contributed by atoms with van der Waals surface area (Å²) in [7, 11) is -3.80. The number of carbonyl (C=O) groups excluding carboxylic acids is 1. The lowest BCUT2D eigenvalue weighted by atomic mass is 9.90. The topological polar surface area (TPSA) is 82.0 Å². The van der Waals surface area contributed by atoms with Crippen molar-refractivity contribution >= 4 is 21.8 Å². The van der Waals surface area contributed by atoms with Gasteiger partial charge in [-0.15, -0.1) is 0 Å². The first kappa shape index (κ1) is 20.4. The Morgan fingerprint density at radius 2 is 1.96 bits per heavy atom. The number of carbonyl (C=O) groups is 1. The Bertz CT molecular complexity index is 768. The van der Waals surface area contributed by atoms with Crippen LogP contribution in [0.2, 0.25) is 0 Å². The Labute approximate surface area is 155 Å². The van der Waals surface area contributed by atoms with Crippen LogP contribution in [-0.4, -0.2) is 32.5 Å². The summed E-state index contributed by atoms with van der Waals surface area (Å²) in [5.74, 6) is -0.567. The van der Waals surface area contributed by atoms with Crippen LogP contribution >= 0.6 is 0 Å². The molecule has 0 radical (unpaired) electrons. The molecule has 0 bridgehead atoms. The smallest absolute Gasteiger partial charge is 0.328 e. The molecule has 1 aromatic carbocycles. The maximum atomic E-state index is 12.0. The summed E-state index contributed by atoms with van der Waals surface area (Å²) in [5.41, 5.74) is 2.20. The molecule has 0 saturated heterocycles. The van der Waals surface area contributed by atoms with Crippen molar-refractivity contribution < 1.29 is 22.2 Å². The Balaban J connectivity index is 1.86. The number of ether oxygens (including phenoxy) is 1. The van der Waals surface area contributed by atoms with Crippen LogP contribution in [0.1, 0.15) is 57.6 Å². The van der Waals surface area contributed by atoms with E-state index in [0.29, 0.717) is 18.6 Å². The first-order valence-electron chi connectivity index (χ1n) is 8.99. The van der Waals surface area contributed by atoms with Crippen LogP contribution < -0.4 is 0 Å². The van der Waals surface area contributed by atoms with Gasteiger partial charge in [-0.3, -0.25) is 9.08 Å². The zero-order valence-electron chi connectivity index (χ0n) is 15.7. The van der Waals surface area contributed by atoms with Gasteiger partial charge >= 0.3 is 16.1 Å². The normalized spacial score (nSPS) is 16.2. The van der Waals surface area contributed by atoms with E-state index >= 15 is 0 Å². The highest BCUT2D eigenvalue weighted by Gasteiger charge is 2.27. The highest BCUT2D eigenvalue weighted by molar-refractivity contribution is 7.86. The molecule has 0 spiro atoms. The van der Waals surface area contributed by atoms with E-state index in [1.807, 2.05) is 31.2 Å². The number of hydrogen-bond acceptors (Lipinski definition) is 6. The molecule has 0 N–H and O–H groups in total. The maximum Gasteiger partial charge on any atom is 0.328 e. The standard InChI is InChI=1S/C19H27NO5S/c1-4-19(2,3)18(21)24-13-8-14-26(22,23)25-20-17-12-7-10-15-9-5-6-11-16(15)17/h5-6,9,11H,4,7-8,10,12-14H2,1-3H3/b20-17+. The molecular formula is C19H27NO5S. The van der Waals surface area contributed by atoms with E-state index in [-0.39, 0.29) is 24.7 Å². The van der Waals surface area contributed by atoms with E-state index < -0.39 is 15.5 Å². The zero-order valence-corrected chi connectivity index (χ0v) is 16.5. The number of nitrogens with zero attached hydrogens (tertiary/aromatic N) is 1. The maximum absolute atomic E-state index is 12.0. The van der Waals surface area contributed by atoms with Gasteiger partial charge in [-0.05, 0) is 51.5 Å². The molecule has 0 aliphatic heterocycles. The van der Waals surface area contributed by atoms with Crippen molar-refractivity contribution in [2.75, 3.05) is 12.4 Å². The molecule has 0 unspecified atom stereocenters. The third-order valence-electron chi connectivity index (χ3n) is 4.66. The van der Waals surface area contributed by atoms with Gasteiger partial charge in [0.25, 0.3) is 0 Å². The molecule has 7 heteroatoms. The predicted octanol–water partition coefficient (Wildman–Crippen LogP) is 3.44. The third kappa shape index (κ3) is 5.56. The van der Waals surface area contributed by atoms with Crippen LogP contribution in [0.3, 0.4) is 0 Å². The first-order valence-corrected chi connectivity index (χ1v) is 10.6. The SMILES string of the molecule is CCC(C)(C)C(=O)OCCCS(=O)(=O)O/N=C1\CCCc2ccccc21. The van der Waals surface area contributed by atoms with Gasteiger partial charge in [-0.2, -0.15) is 8.42 Å². The number of fused-ring (bicyclic) bond motifs is 1. The van der Waals surface area contributed by atoms with E-state index in [2.05, 4.69) is 5.16 Å². The van der Waals surface area contributed by atoms with Gasteiger partial charge in [-0.25, -0.2) is 0 Å². The van der Waals surface area contributed by atoms with Crippen molar-refractivity contribution in [1.82, 2.24) is 0 Å². The number of benzene rings is 1. The van der Waals surface area contributed by atoms with Crippen molar-refractivity contribution in [3.05, 3.63) is 35.4 Å². The van der Waals surface area contributed by atoms with Crippen LogP contribution in [0.5, 0.6) is 0 Å². The molecule has 1 aliphatic rings. The second-order valence-corrected chi connectivity index (χ2v) is 8.78. The third-order valence-corrected chi connectivity index (χ3v) is 5.75. The molecule has 1 aromatic rings. The largest absolute Gasteiger partial charge is 0.465 e. The monoisotopic (exact) mass is 381 g/mol. The van der Waals surface area contributed by atoms with Gasteiger partial charge in [0.2, 0.25) is 0 Å². The molecule has 26 heavy (non-hydrogen) atoms. The lowest BCUT2D eigenvalue weighted by molar-refractivity contribution is -0.154. The molecule has 0 amide bonds. The lowest BCUT2D eigenvalue weighted by Gasteiger charge is -2.20. The van der Waals surface area contributed by atoms with Crippen molar-refractivity contribution in [3.8, 4) is 0 Å². The van der Waals surface area contributed by atoms with Crippen LogP contribution in [0.25, 0.3) is 0 Å². The van der Waals surface area contributed by atoms with Crippen molar-refractivity contribution in [1.29, 1.82) is 0 Å². The summed E-state index contributed by atoms with van der Waals surface area (Å²) in [4.78, 5) is 11.8. The number of oxime groups is 1. The molecule has 0 heterocycles. The van der Waals surface area contributed by atoms with E-state index in [1.165, 1.54) is 0 Å². The molecular weight excluding hydrogens is 354 g/mol. The molecule has 6 nitrogen and oxygen atoms in total. The Morgan fingerprint density at radius 1 is 1.23 bits per heavy atom. The Morgan fingerprint density at radius 3 is 2.69 bits per heavy atom. The van der Waals surface area contributed by atoms with E-state index in [1.54, 1.807) is 13.8 Å². The minimum Gasteiger partial charge on any atom is -0.465 e.